The number of fused-ring (bicyclic) bond motifs is 1. The molecule has 0 saturated carbocycles. The van der Waals surface area contributed by atoms with Gasteiger partial charge in [-0.2, -0.15) is 0 Å². The van der Waals surface area contributed by atoms with Crippen molar-refractivity contribution in [3.63, 3.8) is 0 Å². The molecule has 1 N–H and O–H groups in total. The van der Waals surface area contributed by atoms with E-state index in [2.05, 4.69) is 4.98 Å². The largest absolute Gasteiger partial charge is 0.417 e. The third-order valence-corrected chi connectivity index (χ3v) is 3.69. The molecule has 0 saturated heterocycles. The number of aromatic amines is 1. The Balaban J connectivity index is 2.46. The zero-order valence-corrected chi connectivity index (χ0v) is 9.23. The number of halogens is 1. The molecule has 1 heterocycles. The average molecular weight is 246 g/mol. The van der Waals surface area contributed by atoms with Gasteiger partial charge in [0.15, 0.2) is 5.58 Å². The van der Waals surface area contributed by atoms with Crippen molar-refractivity contribution in [2.24, 2.45) is 0 Å². The zero-order chi connectivity index (χ0) is 10.8. The van der Waals surface area contributed by atoms with E-state index in [1.54, 1.807) is 18.2 Å². The second-order valence-electron chi connectivity index (χ2n) is 2.91. The van der Waals surface area contributed by atoms with Gasteiger partial charge in [0.1, 0.15) is 0 Å². The van der Waals surface area contributed by atoms with Gasteiger partial charge < -0.3 is 4.42 Å². The van der Waals surface area contributed by atoms with Crippen LogP contribution in [0.25, 0.3) is 11.1 Å². The van der Waals surface area contributed by atoms with Crippen molar-refractivity contribution in [1.82, 2.24) is 4.98 Å². The van der Waals surface area contributed by atoms with E-state index in [4.69, 9.17) is 16.0 Å². The fourth-order valence-electron chi connectivity index (χ4n) is 1.26. The van der Waals surface area contributed by atoms with Crippen LogP contribution in [0.2, 0.25) is 0 Å². The van der Waals surface area contributed by atoms with Crippen molar-refractivity contribution < 1.29 is 8.63 Å². The smallest absolute Gasteiger partial charge is 0.408 e. The molecule has 0 bridgehead atoms. The minimum absolute atomic E-state index is 0.335. The first-order valence-corrected chi connectivity index (χ1v) is 6.13. The lowest BCUT2D eigenvalue weighted by Crippen LogP contribution is -1.98. The summed E-state index contributed by atoms with van der Waals surface area (Å²) in [6.07, 6.45) is 0. The van der Waals surface area contributed by atoms with Crippen LogP contribution in [0.5, 0.6) is 0 Å². The summed E-state index contributed by atoms with van der Waals surface area (Å²) in [6.45, 7) is 0. The maximum absolute atomic E-state index is 11.6. The molecule has 6 heteroatoms. The van der Waals surface area contributed by atoms with E-state index < -0.39 is 16.6 Å². The quantitative estimate of drug-likeness (QED) is 0.833. The number of aromatic nitrogens is 1. The Kier molecular flexibility index (Phi) is 2.93. The van der Waals surface area contributed by atoms with Gasteiger partial charge in [0.25, 0.3) is 0 Å². The molecule has 0 aliphatic heterocycles. The highest BCUT2D eigenvalue weighted by molar-refractivity contribution is 7.85. The van der Waals surface area contributed by atoms with Crippen LogP contribution in [0.4, 0.5) is 0 Å². The van der Waals surface area contributed by atoms with E-state index in [-0.39, 0.29) is 0 Å². The SMILES string of the molecule is O=c1[nH]c2ccc(S(=O)CCCl)cc2o1. The van der Waals surface area contributed by atoms with Gasteiger partial charge in [0, 0.05) is 16.5 Å². The van der Waals surface area contributed by atoms with E-state index in [1.165, 1.54) is 0 Å². The molecular weight excluding hydrogens is 238 g/mol. The molecule has 0 fully saturated rings. The van der Waals surface area contributed by atoms with Crippen LogP contribution in [0.1, 0.15) is 0 Å². The highest BCUT2D eigenvalue weighted by Crippen LogP contribution is 2.15. The van der Waals surface area contributed by atoms with Crippen LogP contribution >= 0.6 is 11.6 Å². The summed E-state index contributed by atoms with van der Waals surface area (Å²) in [7, 11) is -1.14. The second kappa shape index (κ2) is 4.20. The van der Waals surface area contributed by atoms with Gasteiger partial charge in [-0.15, -0.1) is 11.6 Å². The van der Waals surface area contributed by atoms with Crippen molar-refractivity contribution in [2.75, 3.05) is 11.6 Å². The molecule has 0 aliphatic rings. The Morgan fingerprint density at radius 1 is 1.47 bits per heavy atom. The Bertz CT molecular complexity index is 560. The van der Waals surface area contributed by atoms with Gasteiger partial charge in [-0.25, -0.2) is 4.79 Å². The number of oxazole rings is 1. The minimum atomic E-state index is -1.14. The van der Waals surface area contributed by atoms with E-state index in [9.17, 15) is 9.00 Å². The fourth-order valence-corrected chi connectivity index (χ4v) is 2.51. The van der Waals surface area contributed by atoms with Gasteiger partial charge in [0.05, 0.1) is 16.3 Å². The summed E-state index contributed by atoms with van der Waals surface area (Å²) in [5.74, 6) is 0.217. The van der Waals surface area contributed by atoms with E-state index >= 15 is 0 Å². The summed E-state index contributed by atoms with van der Waals surface area (Å²) in [6, 6.07) is 4.95. The third-order valence-electron chi connectivity index (χ3n) is 1.92. The summed E-state index contributed by atoms with van der Waals surface area (Å²) < 4.78 is 16.5. The molecule has 1 atom stereocenters. The number of rotatable bonds is 3. The lowest BCUT2D eigenvalue weighted by Gasteiger charge is -1.98. The number of hydrogen-bond acceptors (Lipinski definition) is 3. The Hall–Kier alpha value is -1.07. The summed E-state index contributed by atoms with van der Waals surface area (Å²) in [4.78, 5) is 14.0. The molecule has 0 radical (unpaired) electrons. The van der Waals surface area contributed by atoms with E-state index in [0.717, 1.165) is 0 Å². The molecule has 2 rings (SSSR count). The fraction of sp³-hybridized carbons (Fsp3) is 0.222. The zero-order valence-electron chi connectivity index (χ0n) is 7.66. The van der Waals surface area contributed by atoms with Gasteiger partial charge in [-0.3, -0.25) is 9.19 Å². The van der Waals surface area contributed by atoms with Crippen molar-refractivity contribution in [1.29, 1.82) is 0 Å². The monoisotopic (exact) mass is 245 g/mol. The van der Waals surface area contributed by atoms with Crippen LogP contribution in [0, 0.1) is 0 Å². The van der Waals surface area contributed by atoms with Gasteiger partial charge in [-0.05, 0) is 18.2 Å². The number of alkyl halides is 1. The van der Waals surface area contributed by atoms with Gasteiger partial charge in [-0.1, -0.05) is 0 Å². The first-order valence-electron chi connectivity index (χ1n) is 4.28. The lowest BCUT2D eigenvalue weighted by atomic mass is 10.3. The number of nitrogens with one attached hydrogen (secondary N) is 1. The predicted molar refractivity (Wildman–Crippen MR) is 58.8 cm³/mol. The molecule has 1 unspecified atom stereocenters. The number of benzene rings is 1. The van der Waals surface area contributed by atoms with Gasteiger partial charge >= 0.3 is 5.76 Å². The highest BCUT2D eigenvalue weighted by atomic mass is 35.5. The van der Waals surface area contributed by atoms with Crippen molar-refractivity contribution in [2.45, 2.75) is 4.90 Å². The topological polar surface area (TPSA) is 63.1 Å². The Labute approximate surface area is 92.7 Å². The van der Waals surface area contributed by atoms with Crippen LogP contribution in [0.3, 0.4) is 0 Å². The highest BCUT2D eigenvalue weighted by Gasteiger charge is 2.06. The van der Waals surface area contributed by atoms with E-state index in [1.807, 2.05) is 0 Å². The molecular formula is C9H8ClNO3S. The van der Waals surface area contributed by atoms with Crippen molar-refractivity contribution in [3.05, 3.63) is 28.7 Å². The maximum Gasteiger partial charge on any atom is 0.417 e. The molecule has 80 valence electrons. The Morgan fingerprint density at radius 2 is 2.27 bits per heavy atom. The second-order valence-corrected chi connectivity index (χ2v) is 4.86. The average Bonchev–Trinajstić information content (AvgIpc) is 2.57. The normalized spacial score (nSPS) is 13.1. The molecule has 15 heavy (non-hydrogen) atoms. The van der Waals surface area contributed by atoms with Gasteiger partial charge in [0.2, 0.25) is 0 Å². The maximum atomic E-state index is 11.6. The summed E-state index contributed by atoms with van der Waals surface area (Å²) >= 11 is 5.50. The lowest BCUT2D eigenvalue weighted by molar-refractivity contribution is 0.554. The van der Waals surface area contributed by atoms with Crippen LogP contribution in [0.15, 0.2) is 32.3 Å². The molecule has 0 aliphatic carbocycles. The Morgan fingerprint density at radius 3 is 3.00 bits per heavy atom. The first-order chi connectivity index (χ1) is 7.20. The van der Waals surface area contributed by atoms with Crippen molar-refractivity contribution in [3.8, 4) is 0 Å². The summed E-state index contributed by atoms with van der Waals surface area (Å²) in [5.41, 5.74) is 1.02. The molecule has 1 aromatic heterocycles. The molecule has 4 nitrogen and oxygen atoms in total. The minimum Gasteiger partial charge on any atom is -0.408 e. The molecule has 0 amide bonds. The summed E-state index contributed by atoms with van der Waals surface area (Å²) in [5, 5.41) is 0. The van der Waals surface area contributed by atoms with E-state index in [0.29, 0.717) is 27.6 Å². The molecule has 0 spiro atoms. The third kappa shape index (κ3) is 2.13. The standard InChI is InChI=1S/C9H8ClNO3S/c10-3-4-15(13)6-1-2-7-8(5-6)14-9(12)11-7/h1-2,5H,3-4H2,(H,11,12). The molecule has 2 aromatic rings. The first kappa shape index (κ1) is 10.4. The number of H-pyrrole nitrogens is 1. The van der Waals surface area contributed by atoms with Crippen LogP contribution < -0.4 is 5.76 Å². The number of hydrogen-bond donors (Lipinski definition) is 1. The van der Waals surface area contributed by atoms with Crippen LogP contribution in [-0.2, 0) is 10.8 Å². The van der Waals surface area contributed by atoms with Crippen LogP contribution in [-0.4, -0.2) is 20.8 Å². The predicted octanol–water partition coefficient (Wildman–Crippen LogP) is 1.47. The van der Waals surface area contributed by atoms with Crippen molar-refractivity contribution >= 4 is 33.5 Å². The molecule has 1 aromatic carbocycles.